The van der Waals surface area contributed by atoms with Crippen LogP contribution in [-0.4, -0.2) is 30.4 Å². The minimum absolute atomic E-state index is 0.214. The second-order valence-electron chi connectivity index (χ2n) is 4.96. The van der Waals surface area contributed by atoms with Crippen molar-refractivity contribution in [2.75, 3.05) is 19.6 Å². The predicted molar refractivity (Wildman–Crippen MR) is 73.3 cm³/mol. The SMILES string of the molecule is NCCC(=O)N1CCCC(c2ccccc2)CC1. The van der Waals surface area contributed by atoms with Crippen LogP contribution in [0.4, 0.5) is 0 Å². The van der Waals surface area contributed by atoms with Crippen molar-refractivity contribution >= 4 is 5.91 Å². The Bertz CT molecular complexity index is 377. The van der Waals surface area contributed by atoms with E-state index in [0.29, 0.717) is 18.9 Å². The summed E-state index contributed by atoms with van der Waals surface area (Å²) in [4.78, 5) is 13.8. The van der Waals surface area contributed by atoms with E-state index in [-0.39, 0.29) is 5.91 Å². The molecule has 0 spiro atoms. The van der Waals surface area contributed by atoms with Crippen molar-refractivity contribution in [3.05, 3.63) is 35.9 Å². The molecule has 0 bridgehead atoms. The van der Waals surface area contributed by atoms with Gasteiger partial charge in [-0.3, -0.25) is 4.79 Å². The molecule has 1 amide bonds. The molecule has 1 aliphatic rings. The van der Waals surface area contributed by atoms with E-state index in [1.165, 1.54) is 12.0 Å². The highest BCUT2D eigenvalue weighted by Crippen LogP contribution is 2.27. The summed E-state index contributed by atoms with van der Waals surface area (Å²) in [6, 6.07) is 10.6. The molecule has 2 rings (SSSR count). The van der Waals surface area contributed by atoms with Gasteiger partial charge in [-0.2, -0.15) is 0 Å². The summed E-state index contributed by atoms with van der Waals surface area (Å²) < 4.78 is 0. The number of carbonyl (C=O) groups is 1. The number of hydrogen-bond acceptors (Lipinski definition) is 2. The molecule has 3 heteroatoms. The van der Waals surface area contributed by atoms with E-state index in [4.69, 9.17) is 5.73 Å². The van der Waals surface area contributed by atoms with Gasteiger partial charge in [0.05, 0.1) is 0 Å². The molecule has 1 aromatic rings. The lowest BCUT2D eigenvalue weighted by molar-refractivity contribution is -0.130. The van der Waals surface area contributed by atoms with E-state index in [2.05, 4.69) is 30.3 Å². The van der Waals surface area contributed by atoms with Crippen LogP contribution < -0.4 is 5.73 Å². The Balaban J connectivity index is 1.94. The van der Waals surface area contributed by atoms with E-state index < -0.39 is 0 Å². The zero-order chi connectivity index (χ0) is 12.8. The zero-order valence-corrected chi connectivity index (χ0v) is 10.8. The van der Waals surface area contributed by atoms with Gasteiger partial charge in [0.25, 0.3) is 0 Å². The molecule has 0 aromatic heterocycles. The van der Waals surface area contributed by atoms with E-state index in [1.54, 1.807) is 0 Å². The summed E-state index contributed by atoms with van der Waals surface area (Å²) in [5.74, 6) is 0.813. The topological polar surface area (TPSA) is 46.3 Å². The Morgan fingerprint density at radius 2 is 2.00 bits per heavy atom. The molecule has 1 aliphatic heterocycles. The molecule has 1 unspecified atom stereocenters. The first kappa shape index (κ1) is 13.1. The van der Waals surface area contributed by atoms with Gasteiger partial charge < -0.3 is 10.6 Å². The minimum Gasteiger partial charge on any atom is -0.343 e. The summed E-state index contributed by atoms with van der Waals surface area (Å²) in [6.45, 7) is 2.22. The highest BCUT2D eigenvalue weighted by Gasteiger charge is 2.20. The maximum atomic E-state index is 11.8. The lowest BCUT2D eigenvalue weighted by Gasteiger charge is -2.20. The number of benzene rings is 1. The molecule has 1 fully saturated rings. The third-order valence-electron chi connectivity index (χ3n) is 3.71. The smallest absolute Gasteiger partial charge is 0.223 e. The Labute approximate surface area is 109 Å². The monoisotopic (exact) mass is 246 g/mol. The predicted octanol–water partition coefficient (Wildman–Crippen LogP) is 2.13. The van der Waals surface area contributed by atoms with Crippen LogP contribution in [0.5, 0.6) is 0 Å². The highest BCUT2D eigenvalue weighted by atomic mass is 16.2. The van der Waals surface area contributed by atoms with E-state index in [0.717, 1.165) is 25.9 Å². The maximum Gasteiger partial charge on any atom is 0.223 e. The van der Waals surface area contributed by atoms with E-state index >= 15 is 0 Å². The highest BCUT2D eigenvalue weighted by molar-refractivity contribution is 5.76. The number of rotatable bonds is 3. The number of amides is 1. The normalized spacial score (nSPS) is 20.5. The Morgan fingerprint density at radius 1 is 1.22 bits per heavy atom. The van der Waals surface area contributed by atoms with Crippen molar-refractivity contribution in [2.45, 2.75) is 31.6 Å². The number of carbonyl (C=O) groups excluding carboxylic acids is 1. The Hall–Kier alpha value is -1.35. The van der Waals surface area contributed by atoms with Crippen molar-refractivity contribution in [1.82, 2.24) is 4.90 Å². The van der Waals surface area contributed by atoms with Crippen molar-refractivity contribution in [1.29, 1.82) is 0 Å². The van der Waals surface area contributed by atoms with Gasteiger partial charge in [-0.1, -0.05) is 30.3 Å². The molecule has 2 N–H and O–H groups in total. The van der Waals surface area contributed by atoms with Crippen LogP contribution in [0.15, 0.2) is 30.3 Å². The van der Waals surface area contributed by atoms with E-state index in [1.807, 2.05) is 4.90 Å². The van der Waals surface area contributed by atoms with Gasteiger partial charge in [0.1, 0.15) is 0 Å². The van der Waals surface area contributed by atoms with Crippen LogP contribution in [0.3, 0.4) is 0 Å². The zero-order valence-electron chi connectivity index (χ0n) is 10.8. The van der Waals surface area contributed by atoms with Crippen molar-refractivity contribution in [3.8, 4) is 0 Å². The van der Waals surface area contributed by atoms with Gasteiger partial charge in [-0.05, 0) is 30.7 Å². The standard InChI is InChI=1S/C15H22N2O/c16-10-8-15(18)17-11-4-7-14(9-12-17)13-5-2-1-3-6-13/h1-3,5-6,14H,4,7-12,16H2. The summed E-state index contributed by atoms with van der Waals surface area (Å²) in [6.07, 6.45) is 3.82. The molecule has 0 saturated carbocycles. The van der Waals surface area contributed by atoms with E-state index in [9.17, 15) is 4.79 Å². The largest absolute Gasteiger partial charge is 0.343 e. The van der Waals surface area contributed by atoms with Gasteiger partial charge in [-0.25, -0.2) is 0 Å². The maximum absolute atomic E-state index is 11.8. The third-order valence-corrected chi connectivity index (χ3v) is 3.71. The first-order valence-corrected chi connectivity index (χ1v) is 6.84. The Morgan fingerprint density at radius 3 is 2.72 bits per heavy atom. The summed E-state index contributed by atoms with van der Waals surface area (Å²) in [5, 5.41) is 0. The van der Waals surface area contributed by atoms with Crippen molar-refractivity contribution in [2.24, 2.45) is 5.73 Å². The molecular weight excluding hydrogens is 224 g/mol. The molecule has 1 atom stereocenters. The second-order valence-corrected chi connectivity index (χ2v) is 4.96. The lowest BCUT2D eigenvalue weighted by Crippen LogP contribution is -2.33. The number of nitrogens with zero attached hydrogens (tertiary/aromatic N) is 1. The summed E-state index contributed by atoms with van der Waals surface area (Å²) in [7, 11) is 0. The molecule has 0 aliphatic carbocycles. The van der Waals surface area contributed by atoms with Gasteiger partial charge >= 0.3 is 0 Å². The van der Waals surface area contributed by atoms with Crippen molar-refractivity contribution in [3.63, 3.8) is 0 Å². The van der Waals surface area contributed by atoms with Crippen molar-refractivity contribution < 1.29 is 4.79 Å². The van der Waals surface area contributed by atoms with Crippen LogP contribution in [0.2, 0.25) is 0 Å². The molecular formula is C15H22N2O. The fourth-order valence-corrected chi connectivity index (χ4v) is 2.69. The molecule has 98 valence electrons. The van der Waals surface area contributed by atoms with Gasteiger partial charge in [0.2, 0.25) is 5.91 Å². The fraction of sp³-hybridized carbons (Fsp3) is 0.533. The molecule has 1 heterocycles. The molecule has 0 radical (unpaired) electrons. The van der Waals surface area contributed by atoms with Gasteiger partial charge in [0.15, 0.2) is 0 Å². The van der Waals surface area contributed by atoms with Crippen LogP contribution in [-0.2, 0) is 4.79 Å². The van der Waals surface area contributed by atoms with Crippen LogP contribution >= 0.6 is 0 Å². The molecule has 3 nitrogen and oxygen atoms in total. The van der Waals surface area contributed by atoms with Crippen LogP contribution in [0.1, 0.15) is 37.2 Å². The summed E-state index contributed by atoms with van der Waals surface area (Å²) >= 11 is 0. The number of likely N-dealkylation sites (tertiary alicyclic amines) is 1. The average Bonchev–Trinajstić information content (AvgIpc) is 2.66. The lowest BCUT2D eigenvalue weighted by atomic mass is 9.92. The van der Waals surface area contributed by atoms with Crippen LogP contribution in [0, 0.1) is 0 Å². The Kier molecular flexibility index (Phi) is 4.76. The quantitative estimate of drug-likeness (QED) is 0.888. The van der Waals surface area contributed by atoms with Gasteiger partial charge in [-0.15, -0.1) is 0 Å². The number of nitrogens with two attached hydrogens (primary N) is 1. The first-order chi connectivity index (χ1) is 8.81. The molecule has 1 aromatic carbocycles. The first-order valence-electron chi connectivity index (χ1n) is 6.84. The number of hydrogen-bond donors (Lipinski definition) is 1. The minimum atomic E-state index is 0.214. The molecule has 1 saturated heterocycles. The van der Waals surface area contributed by atoms with Crippen LogP contribution in [0.25, 0.3) is 0 Å². The average molecular weight is 246 g/mol. The third kappa shape index (κ3) is 3.33. The van der Waals surface area contributed by atoms with Gasteiger partial charge in [0, 0.05) is 26.1 Å². The second kappa shape index (κ2) is 6.55. The fourth-order valence-electron chi connectivity index (χ4n) is 2.69. The molecule has 18 heavy (non-hydrogen) atoms. The summed E-state index contributed by atoms with van der Waals surface area (Å²) in [5.41, 5.74) is 6.85.